The lowest BCUT2D eigenvalue weighted by molar-refractivity contribution is -0.127. The van der Waals surface area contributed by atoms with Gasteiger partial charge in [-0.25, -0.2) is 4.79 Å². The molecule has 0 radical (unpaired) electrons. The van der Waals surface area contributed by atoms with Crippen LogP contribution in [0.4, 0.5) is 4.79 Å². The summed E-state index contributed by atoms with van der Waals surface area (Å²) in [5, 5.41) is 0. The second kappa shape index (κ2) is 6.54. The summed E-state index contributed by atoms with van der Waals surface area (Å²) in [4.78, 5) is 27.9. The molecule has 2 fully saturated rings. The molecule has 1 heterocycles. The van der Waals surface area contributed by atoms with Crippen molar-refractivity contribution in [3.05, 3.63) is 12.3 Å². The SMILES string of the molecule is CN(C)C=CC(=O)C1CC2(CCN(C(=O)OC(C)(C)C)CC2)C1. The highest BCUT2D eigenvalue weighted by Crippen LogP contribution is 2.53. The summed E-state index contributed by atoms with van der Waals surface area (Å²) in [5.41, 5.74) is -0.177. The molecule has 1 saturated carbocycles. The van der Waals surface area contributed by atoms with Gasteiger partial charge in [0.1, 0.15) is 5.60 Å². The van der Waals surface area contributed by atoms with E-state index in [1.54, 1.807) is 11.0 Å². The molecule has 1 aliphatic carbocycles. The molecule has 2 rings (SSSR count). The number of hydrogen-bond donors (Lipinski definition) is 0. The van der Waals surface area contributed by atoms with Gasteiger partial charge in [-0.1, -0.05) is 0 Å². The number of carbonyl (C=O) groups is 2. The van der Waals surface area contributed by atoms with E-state index in [1.165, 1.54) is 0 Å². The van der Waals surface area contributed by atoms with Crippen LogP contribution in [0.25, 0.3) is 0 Å². The summed E-state index contributed by atoms with van der Waals surface area (Å²) in [6, 6.07) is 0. The van der Waals surface area contributed by atoms with Crippen molar-refractivity contribution in [2.75, 3.05) is 27.2 Å². The van der Waals surface area contributed by atoms with E-state index in [1.807, 2.05) is 46.0 Å². The van der Waals surface area contributed by atoms with Gasteiger partial charge in [-0.15, -0.1) is 0 Å². The number of amides is 1. The van der Waals surface area contributed by atoms with Gasteiger partial charge >= 0.3 is 6.09 Å². The first-order valence-electron chi connectivity index (χ1n) is 8.47. The molecule has 0 aromatic heterocycles. The highest BCUT2D eigenvalue weighted by molar-refractivity contribution is 5.92. The Kier molecular flexibility index (Phi) is 5.07. The molecule has 23 heavy (non-hydrogen) atoms. The molecule has 0 aromatic carbocycles. The fourth-order valence-corrected chi connectivity index (χ4v) is 3.44. The fraction of sp³-hybridized carbons (Fsp3) is 0.778. The van der Waals surface area contributed by atoms with Crippen molar-refractivity contribution in [2.24, 2.45) is 11.3 Å². The normalized spacial score (nSPS) is 21.3. The molecular weight excluding hydrogens is 292 g/mol. The number of allylic oxidation sites excluding steroid dienone is 1. The summed E-state index contributed by atoms with van der Waals surface area (Å²) in [5.74, 6) is 0.401. The largest absolute Gasteiger partial charge is 0.444 e. The van der Waals surface area contributed by atoms with Crippen LogP contribution in [0.3, 0.4) is 0 Å². The smallest absolute Gasteiger partial charge is 0.410 e. The van der Waals surface area contributed by atoms with E-state index in [9.17, 15) is 9.59 Å². The van der Waals surface area contributed by atoms with Crippen LogP contribution in [-0.2, 0) is 9.53 Å². The van der Waals surface area contributed by atoms with E-state index < -0.39 is 5.60 Å². The number of hydrogen-bond acceptors (Lipinski definition) is 4. The second-order valence-electron chi connectivity index (χ2n) is 8.25. The summed E-state index contributed by atoms with van der Waals surface area (Å²) < 4.78 is 5.43. The first-order chi connectivity index (χ1) is 10.6. The van der Waals surface area contributed by atoms with Gasteiger partial charge in [0, 0.05) is 39.3 Å². The predicted molar refractivity (Wildman–Crippen MR) is 90.0 cm³/mol. The minimum atomic E-state index is -0.445. The van der Waals surface area contributed by atoms with Gasteiger partial charge in [0.25, 0.3) is 0 Å². The maximum absolute atomic E-state index is 12.1. The Morgan fingerprint density at radius 2 is 1.74 bits per heavy atom. The molecule has 0 atom stereocenters. The average molecular weight is 322 g/mol. The monoisotopic (exact) mass is 322 g/mol. The van der Waals surface area contributed by atoms with Gasteiger partial charge in [-0.3, -0.25) is 4.79 Å². The van der Waals surface area contributed by atoms with E-state index in [-0.39, 0.29) is 23.2 Å². The Hall–Kier alpha value is -1.52. The molecular formula is C18H30N2O3. The molecule has 2 aliphatic rings. The van der Waals surface area contributed by atoms with Crippen LogP contribution in [0, 0.1) is 11.3 Å². The molecule has 1 spiro atoms. The van der Waals surface area contributed by atoms with E-state index >= 15 is 0 Å². The lowest BCUT2D eigenvalue weighted by Crippen LogP contribution is -2.50. The zero-order valence-electron chi connectivity index (χ0n) is 15.1. The van der Waals surface area contributed by atoms with Crippen molar-refractivity contribution in [3.63, 3.8) is 0 Å². The van der Waals surface area contributed by atoms with Crippen molar-refractivity contribution < 1.29 is 14.3 Å². The highest BCUT2D eigenvalue weighted by Gasteiger charge is 2.48. The van der Waals surface area contributed by atoms with Crippen molar-refractivity contribution in [3.8, 4) is 0 Å². The third-order valence-corrected chi connectivity index (χ3v) is 4.77. The average Bonchev–Trinajstić information content (AvgIpc) is 2.40. The van der Waals surface area contributed by atoms with Crippen LogP contribution in [0.15, 0.2) is 12.3 Å². The molecule has 1 aliphatic heterocycles. The van der Waals surface area contributed by atoms with Crippen LogP contribution >= 0.6 is 0 Å². The van der Waals surface area contributed by atoms with Crippen LogP contribution in [0.1, 0.15) is 46.5 Å². The molecule has 1 amide bonds. The number of nitrogens with zero attached hydrogens (tertiary/aromatic N) is 2. The zero-order valence-corrected chi connectivity index (χ0v) is 15.1. The molecule has 0 aromatic rings. The number of carbonyl (C=O) groups excluding carboxylic acids is 2. The lowest BCUT2D eigenvalue weighted by atomic mass is 9.56. The van der Waals surface area contributed by atoms with Crippen LogP contribution in [-0.4, -0.2) is 54.5 Å². The molecule has 130 valence electrons. The Morgan fingerprint density at radius 3 is 2.22 bits per heavy atom. The number of ketones is 1. The summed E-state index contributed by atoms with van der Waals surface area (Å²) in [6.45, 7) is 7.14. The third kappa shape index (κ3) is 4.72. The zero-order chi connectivity index (χ0) is 17.3. The van der Waals surface area contributed by atoms with E-state index in [2.05, 4.69) is 0 Å². The van der Waals surface area contributed by atoms with Gasteiger partial charge < -0.3 is 14.5 Å². The van der Waals surface area contributed by atoms with E-state index in [0.29, 0.717) is 0 Å². The quantitative estimate of drug-likeness (QED) is 0.749. The minimum Gasteiger partial charge on any atom is -0.444 e. The Labute approximate surface area is 139 Å². The lowest BCUT2D eigenvalue weighted by Gasteiger charge is -2.51. The fourth-order valence-electron chi connectivity index (χ4n) is 3.44. The predicted octanol–water partition coefficient (Wildman–Crippen LogP) is 3.06. The molecule has 0 unspecified atom stereocenters. The van der Waals surface area contributed by atoms with Gasteiger partial charge in [0.05, 0.1) is 0 Å². The van der Waals surface area contributed by atoms with Crippen LogP contribution < -0.4 is 0 Å². The third-order valence-electron chi connectivity index (χ3n) is 4.77. The highest BCUT2D eigenvalue weighted by atomic mass is 16.6. The van der Waals surface area contributed by atoms with E-state index in [0.717, 1.165) is 38.8 Å². The summed E-state index contributed by atoms with van der Waals surface area (Å²) in [7, 11) is 3.83. The number of rotatable bonds is 3. The molecule has 5 heteroatoms. The van der Waals surface area contributed by atoms with Crippen LogP contribution in [0.2, 0.25) is 0 Å². The molecule has 1 saturated heterocycles. The molecule has 5 nitrogen and oxygen atoms in total. The topological polar surface area (TPSA) is 49.9 Å². The van der Waals surface area contributed by atoms with Crippen molar-refractivity contribution in [1.82, 2.24) is 9.80 Å². The standard InChI is InChI=1S/C18H30N2O3/c1-17(2,3)23-16(22)20-10-7-18(8-11-20)12-14(13-18)15(21)6-9-19(4)5/h6,9,14H,7-8,10-13H2,1-5H3. The van der Waals surface area contributed by atoms with Crippen molar-refractivity contribution in [1.29, 1.82) is 0 Å². The van der Waals surface area contributed by atoms with Crippen molar-refractivity contribution >= 4 is 11.9 Å². The first kappa shape index (κ1) is 17.8. The maximum Gasteiger partial charge on any atom is 0.410 e. The van der Waals surface area contributed by atoms with Gasteiger partial charge in [0.15, 0.2) is 5.78 Å². The first-order valence-corrected chi connectivity index (χ1v) is 8.47. The number of ether oxygens (including phenoxy) is 1. The second-order valence-corrected chi connectivity index (χ2v) is 8.25. The summed E-state index contributed by atoms with van der Waals surface area (Å²) >= 11 is 0. The molecule has 0 N–H and O–H groups in total. The van der Waals surface area contributed by atoms with Crippen LogP contribution in [0.5, 0.6) is 0 Å². The number of piperidine rings is 1. The molecule has 0 bridgehead atoms. The van der Waals surface area contributed by atoms with Gasteiger partial charge in [-0.05, 0) is 57.9 Å². The minimum absolute atomic E-state index is 0.166. The Bertz CT molecular complexity index is 475. The Morgan fingerprint density at radius 1 is 1.17 bits per heavy atom. The summed E-state index contributed by atoms with van der Waals surface area (Å²) in [6.07, 6.45) is 7.18. The van der Waals surface area contributed by atoms with Gasteiger partial charge in [-0.2, -0.15) is 0 Å². The number of likely N-dealkylation sites (tertiary alicyclic amines) is 1. The maximum atomic E-state index is 12.1. The van der Waals surface area contributed by atoms with E-state index in [4.69, 9.17) is 4.74 Å². The van der Waals surface area contributed by atoms with Gasteiger partial charge in [0.2, 0.25) is 0 Å². The van der Waals surface area contributed by atoms with Crippen molar-refractivity contribution in [2.45, 2.75) is 52.1 Å². The Balaban J connectivity index is 1.78.